The predicted molar refractivity (Wildman–Crippen MR) is 106 cm³/mol. The summed E-state index contributed by atoms with van der Waals surface area (Å²) in [5.74, 6) is 0. The maximum absolute atomic E-state index is 4.92. The van der Waals surface area contributed by atoms with Crippen molar-refractivity contribution < 1.29 is 0 Å². The van der Waals surface area contributed by atoms with Gasteiger partial charge in [-0.1, -0.05) is 53.6 Å². The molecule has 0 unspecified atom stereocenters. The molecule has 0 radical (unpaired) electrons. The fourth-order valence-corrected chi connectivity index (χ4v) is 2.98. The van der Waals surface area contributed by atoms with Crippen LogP contribution in [0.3, 0.4) is 0 Å². The Bertz CT molecular complexity index is 1100. The smallest absolute Gasteiger partial charge is 0.159 e. The molecule has 0 aliphatic heterocycles. The molecule has 3 nitrogen and oxygen atoms in total. The van der Waals surface area contributed by atoms with Crippen LogP contribution in [0, 0.1) is 13.8 Å². The van der Waals surface area contributed by atoms with Gasteiger partial charge in [0.1, 0.15) is 0 Å². The molecule has 2 aromatic carbocycles. The topological polar surface area (TPSA) is 29.7 Å². The Morgan fingerprint density at radius 2 is 1.54 bits per heavy atom. The highest BCUT2D eigenvalue weighted by molar-refractivity contribution is 5.45. The lowest BCUT2D eigenvalue weighted by Gasteiger charge is -2.08. The number of hydrogen-bond acceptors (Lipinski definition) is 2. The summed E-state index contributed by atoms with van der Waals surface area (Å²) in [7, 11) is 0. The highest BCUT2D eigenvalue weighted by Crippen LogP contribution is 2.13. The minimum absolute atomic E-state index is 0.753. The monoisotopic (exact) mass is 339 g/mol. The van der Waals surface area contributed by atoms with Crippen LogP contribution in [0.15, 0.2) is 84.1 Å². The summed E-state index contributed by atoms with van der Waals surface area (Å²) in [5, 5.41) is 0. The minimum atomic E-state index is 0.753. The molecular formula is C23H21N3. The molecule has 0 amide bonds. The van der Waals surface area contributed by atoms with Gasteiger partial charge in [0.2, 0.25) is 0 Å². The zero-order valence-corrected chi connectivity index (χ0v) is 15.1. The molecule has 0 aliphatic rings. The first-order valence-corrected chi connectivity index (χ1v) is 8.81. The van der Waals surface area contributed by atoms with Crippen LogP contribution in [0.5, 0.6) is 0 Å². The van der Waals surface area contributed by atoms with E-state index in [4.69, 9.17) is 9.98 Å². The van der Waals surface area contributed by atoms with Gasteiger partial charge in [0.15, 0.2) is 5.49 Å². The van der Waals surface area contributed by atoms with Crippen molar-refractivity contribution in [3.05, 3.63) is 107 Å². The van der Waals surface area contributed by atoms with E-state index in [1.54, 1.807) is 0 Å². The fraction of sp³-hybridized carbons (Fsp3) is 0.130. The first kappa shape index (κ1) is 16.3. The van der Waals surface area contributed by atoms with Crippen molar-refractivity contribution in [1.82, 2.24) is 9.38 Å². The third kappa shape index (κ3) is 3.42. The Hall–Kier alpha value is -3.20. The summed E-state index contributed by atoms with van der Waals surface area (Å²) in [5.41, 5.74) is 7.55. The maximum atomic E-state index is 4.92. The van der Waals surface area contributed by atoms with Crippen molar-refractivity contribution >= 4 is 11.2 Å². The zero-order chi connectivity index (χ0) is 17.9. The predicted octanol–water partition coefficient (Wildman–Crippen LogP) is 4.77. The Labute approximate surface area is 153 Å². The highest BCUT2D eigenvalue weighted by Gasteiger charge is 2.06. The second kappa shape index (κ2) is 6.96. The standard InChI is InChI=1S/C23H21N3/c1-17-6-10-19(11-7-17)15-22-23(25-20-12-8-18(2)9-13-20)26-14-4-3-5-21(26)16-24-22/h3-14,16H,15H2,1-2H3/b25-23+. The van der Waals surface area contributed by atoms with Crippen LogP contribution in [0.2, 0.25) is 0 Å². The van der Waals surface area contributed by atoms with Gasteiger partial charge in [-0.25, -0.2) is 4.99 Å². The molecule has 0 fully saturated rings. The van der Waals surface area contributed by atoms with Crippen LogP contribution in [-0.2, 0) is 6.42 Å². The van der Waals surface area contributed by atoms with Crippen LogP contribution in [0.4, 0.5) is 5.69 Å². The van der Waals surface area contributed by atoms with Gasteiger partial charge in [0.05, 0.1) is 23.1 Å². The van der Waals surface area contributed by atoms with Gasteiger partial charge in [-0.3, -0.25) is 9.38 Å². The quantitative estimate of drug-likeness (QED) is 0.528. The number of aryl methyl sites for hydroxylation is 2. The average molecular weight is 339 g/mol. The number of nitrogens with zero attached hydrogens (tertiary/aromatic N) is 3. The molecule has 26 heavy (non-hydrogen) atoms. The van der Waals surface area contributed by atoms with Crippen molar-refractivity contribution in [2.45, 2.75) is 20.3 Å². The van der Waals surface area contributed by atoms with Gasteiger partial charge >= 0.3 is 0 Å². The van der Waals surface area contributed by atoms with E-state index in [9.17, 15) is 0 Å². The van der Waals surface area contributed by atoms with Crippen LogP contribution < -0.4 is 5.49 Å². The lowest BCUT2D eigenvalue weighted by Crippen LogP contribution is -2.21. The third-order valence-electron chi connectivity index (χ3n) is 4.49. The van der Waals surface area contributed by atoms with Gasteiger partial charge in [0, 0.05) is 12.6 Å². The number of rotatable bonds is 3. The number of aromatic nitrogens is 2. The summed E-state index contributed by atoms with van der Waals surface area (Å²) >= 11 is 0. The molecule has 2 heterocycles. The van der Waals surface area contributed by atoms with E-state index >= 15 is 0 Å². The molecule has 3 heteroatoms. The van der Waals surface area contributed by atoms with Crippen LogP contribution in [0.25, 0.3) is 5.52 Å². The van der Waals surface area contributed by atoms with Crippen molar-refractivity contribution in [2.75, 3.05) is 0 Å². The van der Waals surface area contributed by atoms with E-state index < -0.39 is 0 Å². The van der Waals surface area contributed by atoms with Crippen molar-refractivity contribution in [2.24, 2.45) is 4.99 Å². The number of benzene rings is 2. The van der Waals surface area contributed by atoms with Gasteiger partial charge < -0.3 is 0 Å². The molecule has 4 rings (SSSR count). The molecule has 128 valence electrons. The zero-order valence-electron chi connectivity index (χ0n) is 15.1. The summed E-state index contributed by atoms with van der Waals surface area (Å²) < 4.78 is 2.11. The highest BCUT2D eigenvalue weighted by atomic mass is 15.0. The second-order valence-electron chi connectivity index (χ2n) is 6.63. The third-order valence-corrected chi connectivity index (χ3v) is 4.49. The summed E-state index contributed by atoms with van der Waals surface area (Å²) in [6.45, 7) is 4.19. The van der Waals surface area contributed by atoms with Crippen LogP contribution in [-0.4, -0.2) is 9.38 Å². The molecule has 0 saturated carbocycles. The van der Waals surface area contributed by atoms with Crippen LogP contribution in [0.1, 0.15) is 22.4 Å². The summed E-state index contributed by atoms with van der Waals surface area (Å²) in [4.78, 5) is 9.65. The Morgan fingerprint density at radius 1 is 0.846 bits per heavy atom. The van der Waals surface area contributed by atoms with Gasteiger partial charge in [-0.15, -0.1) is 0 Å². The van der Waals surface area contributed by atoms with Gasteiger partial charge in [0.25, 0.3) is 0 Å². The van der Waals surface area contributed by atoms with Crippen molar-refractivity contribution in [3.63, 3.8) is 0 Å². The molecule has 2 aromatic heterocycles. The minimum Gasteiger partial charge on any atom is -0.299 e. The van der Waals surface area contributed by atoms with E-state index in [1.807, 2.05) is 36.7 Å². The molecule has 0 spiro atoms. The SMILES string of the molecule is Cc1ccc(Cc2ncc3ccccn3/c2=N/c2ccc(C)cc2)cc1. The number of pyridine rings is 1. The molecule has 0 N–H and O–H groups in total. The number of hydrogen-bond donors (Lipinski definition) is 0. The van der Waals surface area contributed by atoms with E-state index in [2.05, 4.69) is 60.7 Å². The van der Waals surface area contributed by atoms with E-state index in [0.29, 0.717) is 0 Å². The van der Waals surface area contributed by atoms with Crippen LogP contribution >= 0.6 is 0 Å². The normalized spacial score (nSPS) is 11.8. The van der Waals surface area contributed by atoms with E-state index in [1.165, 1.54) is 16.7 Å². The molecule has 4 aromatic rings. The average Bonchev–Trinajstić information content (AvgIpc) is 2.67. The Morgan fingerprint density at radius 3 is 2.27 bits per heavy atom. The fourth-order valence-electron chi connectivity index (χ4n) is 2.98. The Balaban J connectivity index is 1.89. The Kier molecular flexibility index (Phi) is 4.36. The summed E-state index contributed by atoms with van der Waals surface area (Å²) in [6, 6.07) is 23.0. The molecular weight excluding hydrogens is 318 g/mol. The van der Waals surface area contributed by atoms with Crippen molar-refractivity contribution in [3.8, 4) is 0 Å². The summed E-state index contributed by atoms with van der Waals surface area (Å²) in [6.07, 6.45) is 4.71. The van der Waals surface area contributed by atoms with E-state index in [0.717, 1.165) is 28.8 Å². The largest absolute Gasteiger partial charge is 0.299 e. The maximum Gasteiger partial charge on any atom is 0.159 e. The lowest BCUT2D eigenvalue weighted by molar-refractivity contribution is 0.921. The first-order chi connectivity index (χ1) is 12.7. The van der Waals surface area contributed by atoms with Gasteiger partial charge in [-0.05, 0) is 43.7 Å². The molecule has 0 aliphatic carbocycles. The lowest BCUT2D eigenvalue weighted by atomic mass is 10.1. The molecule has 0 bridgehead atoms. The number of fused-ring (bicyclic) bond motifs is 1. The van der Waals surface area contributed by atoms with E-state index in [-0.39, 0.29) is 0 Å². The molecule has 0 atom stereocenters. The first-order valence-electron chi connectivity index (χ1n) is 8.81. The molecule has 0 saturated heterocycles. The van der Waals surface area contributed by atoms with Gasteiger partial charge in [-0.2, -0.15) is 0 Å². The second-order valence-corrected chi connectivity index (χ2v) is 6.63. The van der Waals surface area contributed by atoms with Crippen molar-refractivity contribution in [1.29, 1.82) is 0 Å².